The summed E-state index contributed by atoms with van der Waals surface area (Å²) in [6.45, 7) is 1.72. The van der Waals surface area contributed by atoms with Crippen LogP contribution in [-0.2, 0) is 9.59 Å². The van der Waals surface area contributed by atoms with Gasteiger partial charge in [-0.25, -0.2) is 0 Å². The Morgan fingerprint density at radius 2 is 1.76 bits per heavy atom. The van der Waals surface area contributed by atoms with Crippen LogP contribution in [0.1, 0.15) is 5.56 Å². The molecule has 21 heavy (non-hydrogen) atoms. The molecule has 3 N–H and O–H groups in total. The molecule has 2 rings (SSSR count). The zero-order valence-electron chi connectivity index (χ0n) is 11.2. The van der Waals surface area contributed by atoms with Crippen LogP contribution in [0.4, 0.5) is 11.4 Å². The van der Waals surface area contributed by atoms with Gasteiger partial charge in [-0.1, -0.05) is 22.0 Å². The second-order valence-electron chi connectivity index (χ2n) is 4.42. The van der Waals surface area contributed by atoms with Gasteiger partial charge < -0.3 is 15.7 Å². The van der Waals surface area contributed by atoms with Crippen molar-refractivity contribution in [3.63, 3.8) is 0 Å². The predicted octanol–water partition coefficient (Wildman–Crippen LogP) is 3.04. The molecule has 5 nitrogen and oxygen atoms in total. The first-order valence-electron chi connectivity index (χ1n) is 6.13. The molecule has 0 heterocycles. The number of anilines is 2. The molecule has 2 aromatic carbocycles. The minimum Gasteiger partial charge on any atom is -0.508 e. The van der Waals surface area contributed by atoms with Crippen molar-refractivity contribution >= 4 is 39.1 Å². The second kappa shape index (κ2) is 6.41. The maximum Gasteiger partial charge on any atom is 0.314 e. The molecule has 0 spiro atoms. The average molecular weight is 349 g/mol. The molecule has 0 saturated heterocycles. The first-order chi connectivity index (χ1) is 9.95. The van der Waals surface area contributed by atoms with E-state index < -0.39 is 11.8 Å². The van der Waals surface area contributed by atoms with E-state index in [2.05, 4.69) is 26.6 Å². The van der Waals surface area contributed by atoms with E-state index >= 15 is 0 Å². The van der Waals surface area contributed by atoms with Crippen molar-refractivity contribution in [2.75, 3.05) is 10.6 Å². The number of nitrogens with one attached hydrogen (secondary N) is 2. The van der Waals surface area contributed by atoms with Gasteiger partial charge >= 0.3 is 11.8 Å². The van der Waals surface area contributed by atoms with Crippen LogP contribution in [0, 0.1) is 6.92 Å². The highest BCUT2D eigenvalue weighted by Gasteiger charge is 2.15. The lowest BCUT2D eigenvalue weighted by Gasteiger charge is -2.09. The van der Waals surface area contributed by atoms with Crippen LogP contribution in [0.3, 0.4) is 0 Å². The standard InChI is InChI=1S/C15H13BrN2O3/c1-9-7-12(19)5-6-13(9)18-15(21)14(20)17-11-4-2-3-10(16)8-11/h2-8,19H,1H3,(H,17,20)(H,18,21). The molecule has 0 aliphatic heterocycles. The van der Waals surface area contributed by atoms with Gasteiger partial charge in [-0.3, -0.25) is 9.59 Å². The fourth-order valence-electron chi connectivity index (χ4n) is 1.72. The molecule has 108 valence electrons. The highest BCUT2D eigenvalue weighted by atomic mass is 79.9. The Labute approximate surface area is 130 Å². The maximum absolute atomic E-state index is 11.8. The molecule has 0 saturated carbocycles. The summed E-state index contributed by atoms with van der Waals surface area (Å²) in [5.74, 6) is -1.44. The average Bonchev–Trinajstić information content (AvgIpc) is 2.41. The summed E-state index contributed by atoms with van der Waals surface area (Å²) >= 11 is 3.28. The predicted molar refractivity (Wildman–Crippen MR) is 84.2 cm³/mol. The molecule has 2 amide bonds. The second-order valence-corrected chi connectivity index (χ2v) is 5.33. The van der Waals surface area contributed by atoms with Crippen molar-refractivity contribution in [2.45, 2.75) is 6.92 Å². The number of phenols is 1. The lowest BCUT2D eigenvalue weighted by Crippen LogP contribution is -2.29. The van der Waals surface area contributed by atoms with Crippen LogP contribution < -0.4 is 10.6 Å². The van der Waals surface area contributed by atoms with Gasteiger partial charge in [0.2, 0.25) is 0 Å². The number of amides is 2. The number of aryl methyl sites for hydroxylation is 1. The SMILES string of the molecule is Cc1cc(O)ccc1NC(=O)C(=O)Nc1cccc(Br)c1. The number of halogens is 1. The zero-order chi connectivity index (χ0) is 15.4. The van der Waals surface area contributed by atoms with Gasteiger partial charge in [0, 0.05) is 15.8 Å². The smallest absolute Gasteiger partial charge is 0.314 e. The number of aromatic hydroxyl groups is 1. The van der Waals surface area contributed by atoms with Crippen LogP contribution in [-0.4, -0.2) is 16.9 Å². The molecule has 0 bridgehead atoms. The number of carbonyl (C=O) groups excluding carboxylic acids is 2. The van der Waals surface area contributed by atoms with Crippen molar-refractivity contribution < 1.29 is 14.7 Å². The lowest BCUT2D eigenvalue weighted by molar-refractivity contribution is -0.133. The summed E-state index contributed by atoms with van der Waals surface area (Å²) in [7, 11) is 0. The highest BCUT2D eigenvalue weighted by molar-refractivity contribution is 9.10. The maximum atomic E-state index is 11.8. The highest BCUT2D eigenvalue weighted by Crippen LogP contribution is 2.20. The van der Waals surface area contributed by atoms with Gasteiger partial charge in [-0.05, 0) is 48.9 Å². The lowest BCUT2D eigenvalue weighted by atomic mass is 10.2. The largest absolute Gasteiger partial charge is 0.508 e. The Bertz CT molecular complexity index is 701. The molecule has 2 aromatic rings. The third-order valence-electron chi connectivity index (χ3n) is 2.75. The van der Waals surface area contributed by atoms with Gasteiger partial charge in [-0.15, -0.1) is 0 Å². The van der Waals surface area contributed by atoms with E-state index in [4.69, 9.17) is 0 Å². The van der Waals surface area contributed by atoms with Crippen molar-refractivity contribution in [1.82, 2.24) is 0 Å². The fourth-order valence-corrected chi connectivity index (χ4v) is 2.12. The summed E-state index contributed by atoms with van der Waals surface area (Å²) in [5, 5.41) is 14.3. The van der Waals surface area contributed by atoms with Gasteiger partial charge in [0.05, 0.1) is 0 Å². The van der Waals surface area contributed by atoms with Crippen LogP contribution in [0.25, 0.3) is 0 Å². The number of phenolic OH excluding ortho intramolecular Hbond substituents is 1. The van der Waals surface area contributed by atoms with E-state index in [0.29, 0.717) is 16.9 Å². The van der Waals surface area contributed by atoms with Gasteiger partial charge in [0.1, 0.15) is 5.75 Å². The quantitative estimate of drug-likeness (QED) is 0.576. The van der Waals surface area contributed by atoms with Gasteiger partial charge in [0.15, 0.2) is 0 Å². The molecule has 6 heteroatoms. The normalized spacial score (nSPS) is 10.0. The summed E-state index contributed by atoms with van der Waals surface area (Å²) in [5.41, 5.74) is 1.66. The topological polar surface area (TPSA) is 78.4 Å². The number of benzene rings is 2. The molecule has 0 aliphatic rings. The van der Waals surface area contributed by atoms with Crippen molar-refractivity contribution in [3.8, 4) is 5.75 Å². The van der Waals surface area contributed by atoms with Crippen molar-refractivity contribution in [1.29, 1.82) is 0 Å². The Hall–Kier alpha value is -2.34. The van der Waals surface area contributed by atoms with Crippen LogP contribution >= 0.6 is 15.9 Å². The monoisotopic (exact) mass is 348 g/mol. The third kappa shape index (κ3) is 4.06. The van der Waals surface area contributed by atoms with E-state index in [1.54, 1.807) is 25.1 Å². The first kappa shape index (κ1) is 15.1. The van der Waals surface area contributed by atoms with E-state index in [-0.39, 0.29) is 5.75 Å². The third-order valence-corrected chi connectivity index (χ3v) is 3.24. The molecule has 0 unspecified atom stereocenters. The van der Waals surface area contributed by atoms with E-state index in [1.165, 1.54) is 18.2 Å². The van der Waals surface area contributed by atoms with Crippen molar-refractivity contribution in [2.24, 2.45) is 0 Å². The van der Waals surface area contributed by atoms with Crippen LogP contribution in [0.15, 0.2) is 46.9 Å². The van der Waals surface area contributed by atoms with E-state index in [0.717, 1.165) is 4.47 Å². The van der Waals surface area contributed by atoms with E-state index in [9.17, 15) is 14.7 Å². The first-order valence-corrected chi connectivity index (χ1v) is 6.92. The minimum atomic E-state index is -0.774. The molecule has 0 aliphatic carbocycles. The molecular weight excluding hydrogens is 336 g/mol. The summed E-state index contributed by atoms with van der Waals surface area (Å²) < 4.78 is 0.801. The Kier molecular flexibility index (Phi) is 4.59. The van der Waals surface area contributed by atoms with Crippen LogP contribution in [0.2, 0.25) is 0 Å². The summed E-state index contributed by atoms with van der Waals surface area (Å²) in [4.78, 5) is 23.7. The Balaban J connectivity index is 2.04. The fraction of sp³-hybridized carbons (Fsp3) is 0.0667. The van der Waals surface area contributed by atoms with Gasteiger partial charge in [0.25, 0.3) is 0 Å². The minimum absolute atomic E-state index is 0.101. The molecular formula is C15H13BrN2O3. The summed E-state index contributed by atoms with van der Waals surface area (Å²) in [6.07, 6.45) is 0. The number of hydrogen-bond donors (Lipinski definition) is 3. The zero-order valence-corrected chi connectivity index (χ0v) is 12.8. The van der Waals surface area contributed by atoms with Gasteiger partial charge in [-0.2, -0.15) is 0 Å². The molecule has 0 atom stereocenters. The number of carbonyl (C=O) groups is 2. The Morgan fingerprint density at radius 3 is 2.43 bits per heavy atom. The number of rotatable bonds is 2. The van der Waals surface area contributed by atoms with Crippen LogP contribution in [0.5, 0.6) is 5.75 Å². The van der Waals surface area contributed by atoms with Crippen molar-refractivity contribution in [3.05, 3.63) is 52.5 Å². The molecule has 0 aromatic heterocycles. The molecule has 0 radical (unpaired) electrons. The Morgan fingerprint density at radius 1 is 1.05 bits per heavy atom. The summed E-state index contributed by atoms with van der Waals surface area (Å²) in [6, 6.07) is 11.4. The number of hydrogen-bond acceptors (Lipinski definition) is 3. The van der Waals surface area contributed by atoms with E-state index in [1.807, 2.05) is 6.07 Å². The molecule has 0 fully saturated rings.